The molecule has 1 N–H and O–H groups in total. The van der Waals surface area contributed by atoms with Crippen molar-refractivity contribution in [3.63, 3.8) is 0 Å². The minimum atomic E-state index is 0.103. The Bertz CT molecular complexity index is 416. The van der Waals surface area contributed by atoms with Gasteiger partial charge in [0.15, 0.2) is 0 Å². The number of aliphatic hydroxyl groups excluding tert-OH is 1. The molecule has 0 atom stereocenters. The second kappa shape index (κ2) is 6.95. The fraction of sp³-hybridized carbons (Fsp3) is 0.429. The average Bonchev–Trinajstić information content (AvgIpc) is 2.30. The van der Waals surface area contributed by atoms with Crippen LogP contribution >= 0.6 is 0 Å². The smallest absolute Gasteiger partial charge is 0.119 e. The highest BCUT2D eigenvalue weighted by atomic mass is 16.5. The first-order valence-electron chi connectivity index (χ1n) is 5.58. The lowest BCUT2D eigenvalue weighted by atomic mass is 10.1. The molecule has 0 saturated heterocycles. The molecule has 0 amide bonds. The van der Waals surface area contributed by atoms with Crippen molar-refractivity contribution in [1.82, 2.24) is 4.90 Å². The third-order valence-electron chi connectivity index (χ3n) is 2.26. The van der Waals surface area contributed by atoms with Crippen molar-refractivity contribution < 1.29 is 9.84 Å². The van der Waals surface area contributed by atoms with Gasteiger partial charge in [-0.05, 0) is 37.9 Å². The van der Waals surface area contributed by atoms with Crippen LogP contribution in [0.5, 0.6) is 5.75 Å². The second-order valence-corrected chi connectivity index (χ2v) is 4.04. The van der Waals surface area contributed by atoms with Crippen LogP contribution in [0.4, 0.5) is 0 Å². The topological polar surface area (TPSA) is 32.7 Å². The maximum absolute atomic E-state index is 8.71. The van der Waals surface area contributed by atoms with Crippen LogP contribution in [0.3, 0.4) is 0 Å². The fourth-order valence-corrected chi connectivity index (χ4v) is 1.50. The molecule has 0 bridgehead atoms. The van der Waals surface area contributed by atoms with Gasteiger partial charge in [-0.1, -0.05) is 11.8 Å². The van der Waals surface area contributed by atoms with E-state index in [0.29, 0.717) is 6.42 Å². The van der Waals surface area contributed by atoms with Crippen molar-refractivity contribution in [1.29, 1.82) is 0 Å². The van der Waals surface area contributed by atoms with E-state index >= 15 is 0 Å². The summed E-state index contributed by atoms with van der Waals surface area (Å²) in [5.41, 5.74) is 2.13. The minimum absolute atomic E-state index is 0.103. The van der Waals surface area contributed by atoms with Crippen molar-refractivity contribution in [3.05, 3.63) is 29.3 Å². The number of benzene rings is 1. The minimum Gasteiger partial charge on any atom is -0.497 e. The summed E-state index contributed by atoms with van der Waals surface area (Å²) in [4.78, 5) is 2.09. The summed E-state index contributed by atoms with van der Waals surface area (Å²) in [7, 11) is 5.70. The van der Waals surface area contributed by atoms with E-state index in [1.165, 1.54) is 0 Å². The Morgan fingerprint density at radius 3 is 2.71 bits per heavy atom. The molecule has 0 radical (unpaired) electrons. The molecule has 92 valence electrons. The van der Waals surface area contributed by atoms with Gasteiger partial charge in [0.1, 0.15) is 5.75 Å². The Morgan fingerprint density at radius 1 is 1.35 bits per heavy atom. The lowest BCUT2D eigenvalue weighted by Crippen LogP contribution is -2.11. The van der Waals surface area contributed by atoms with Crippen LogP contribution in [0.1, 0.15) is 17.5 Å². The highest BCUT2D eigenvalue weighted by molar-refractivity contribution is 5.45. The van der Waals surface area contributed by atoms with Gasteiger partial charge >= 0.3 is 0 Å². The molecule has 0 fully saturated rings. The van der Waals surface area contributed by atoms with Crippen LogP contribution in [0.25, 0.3) is 0 Å². The SMILES string of the molecule is COc1ccc(C#CCCO)c(CN(C)C)c1. The summed E-state index contributed by atoms with van der Waals surface area (Å²) < 4.78 is 5.21. The van der Waals surface area contributed by atoms with Crippen molar-refractivity contribution in [2.24, 2.45) is 0 Å². The molecule has 0 aliphatic carbocycles. The van der Waals surface area contributed by atoms with E-state index in [2.05, 4.69) is 16.7 Å². The molecule has 1 aromatic carbocycles. The van der Waals surface area contributed by atoms with Gasteiger partial charge in [0.25, 0.3) is 0 Å². The molecule has 1 aromatic rings. The number of ether oxygens (including phenoxy) is 1. The van der Waals surface area contributed by atoms with Crippen molar-refractivity contribution >= 4 is 0 Å². The lowest BCUT2D eigenvalue weighted by Gasteiger charge is -2.12. The van der Waals surface area contributed by atoms with Crippen LogP contribution in [0.15, 0.2) is 18.2 Å². The van der Waals surface area contributed by atoms with Gasteiger partial charge in [-0.2, -0.15) is 0 Å². The molecule has 0 spiro atoms. The summed E-state index contributed by atoms with van der Waals surface area (Å²) in [6.07, 6.45) is 0.507. The standard InChI is InChI=1S/C14H19NO2/c1-15(2)11-13-10-14(17-3)8-7-12(13)6-4-5-9-16/h7-8,10,16H,5,9,11H2,1-3H3. The van der Waals surface area contributed by atoms with Gasteiger partial charge in [-0.15, -0.1) is 0 Å². The number of hydrogen-bond donors (Lipinski definition) is 1. The van der Waals surface area contributed by atoms with Crippen LogP contribution < -0.4 is 4.74 Å². The van der Waals surface area contributed by atoms with Gasteiger partial charge in [-0.3, -0.25) is 0 Å². The Kier molecular flexibility index (Phi) is 5.55. The molecular formula is C14H19NO2. The number of hydrogen-bond acceptors (Lipinski definition) is 3. The molecular weight excluding hydrogens is 214 g/mol. The van der Waals surface area contributed by atoms with Crippen LogP contribution in [0, 0.1) is 11.8 Å². The van der Waals surface area contributed by atoms with Crippen LogP contribution in [0.2, 0.25) is 0 Å². The zero-order valence-corrected chi connectivity index (χ0v) is 10.7. The first kappa shape index (κ1) is 13.6. The number of nitrogens with zero attached hydrogens (tertiary/aromatic N) is 1. The van der Waals surface area contributed by atoms with Crippen LogP contribution in [-0.4, -0.2) is 37.8 Å². The third-order valence-corrected chi connectivity index (χ3v) is 2.26. The maximum atomic E-state index is 8.71. The van der Waals surface area contributed by atoms with Crippen molar-refractivity contribution in [3.8, 4) is 17.6 Å². The Hall–Kier alpha value is -1.50. The maximum Gasteiger partial charge on any atom is 0.119 e. The van der Waals surface area contributed by atoms with E-state index in [1.54, 1.807) is 7.11 Å². The van der Waals surface area contributed by atoms with E-state index in [4.69, 9.17) is 9.84 Å². The summed E-state index contributed by atoms with van der Waals surface area (Å²) in [6.45, 7) is 0.923. The molecule has 0 aliphatic heterocycles. The van der Waals surface area contributed by atoms with Gasteiger partial charge in [-0.25, -0.2) is 0 Å². The molecule has 0 aliphatic rings. The van der Waals surface area contributed by atoms with Gasteiger partial charge in [0, 0.05) is 18.5 Å². The van der Waals surface area contributed by atoms with E-state index in [-0.39, 0.29) is 6.61 Å². The molecule has 0 saturated carbocycles. The molecule has 17 heavy (non-hydrogen) atoms. The Balaban J connectivity index is 2.98. The zero-order valence-electron chi connectivity index (χ0n) is 10.7. The highest BCUT2D eigenvalue weighted by Crippen LogP contribution is 2.18. The summed E-state index contributed by atoms with van der Waals surface area (Å²) in [5, 5.41) is 8.71. The largest absolute Gasteiger partial charge is 0.497 e. The summed E-state index contributed by atoms with van der Waals surface area (Å²) >= 11 is 0. The molecule has 0 heterocycles. The van der Waals surface area contributed by atoms with E-state index < -0.39 is 0 Å². The molecule has 0 unspecified atom stereocenters. The first-order valence-corrected chi connectivity index (χ1v) is 5.58. The van der Waals surface area contributed by atoms with Gasteiger partial charge in [0.2, 0.25) is 0 Å². The number of aliphatic hydroxyl groups is 1. The Morgan fingerprint density at radius 2 is 2.12 bits per heavy atom. The number of rotatable bonds is 4. The molecule has 3 heteroatoms. The van der Waals surface area contributed by atoms with E-state index in [0.717, 1.165) is 23.4 Å². The third kappa shape index (κ3) is 4.48. The predicted molar refractivity (Wildman–Crippen MR) is 69.0 cm³/mol. The molecule has 1 rings (SSSR count). The summed E-state index contributed by atoms with van der Waals surface area (Å²) in [6, 6.07) is 5.87. The second-order valence-electron chi connectivity index (χ2n) is 4.04. The molecule has 3 nitrogen and oxygen atoms in total. The van der Waals surface area contributed by atoms with Crippen molar-refractivity contribution in [2.75, 3.05) is 27.8 Å². The highest BCUT2D eigenvalue weighted by Gasteiger charge is 2.03. The number of methoxy groups -OCH3 is 1. The fourth-order valence-electron chi connectivity index (χ4n) is 1.50. The average molecular weight is 233 g/mol. The predicted octanol–water partition coefficient (Wildman–Crippen LogP) is 1.49. The van der Waals surface area contributed by atoms with Crippen molar-refractivity contribution in [2.45, 2.75) is 13.0 Å². The monoisotopic (exact) mass is 233 g/mol. The lowest BCUT2D eigenvalue weighted by molar-refractivity contribution is 0.305. The molecule has 0 aromatic heterocycles. The Labute approximate surface area is 103 Å². The van der Waals surface area contributed by atoms with E-state index in [1.807, 2.05) is 32.3 Å². The summed E-state index contributed by atoms with van der Waals surface area (Å²) in [5.74, 6) is 6.86. The first-order chi connectivity index (χ1) is 8.17. The zero-order chi connectivity index (χ0) is 12.7. The quantitative estimate of drug-likeness (QED) is 0.800. The van der Waals surface area contributed by atoms with E-state index in [9.17, 15) is 0 Å². The van der Waals surface area contributed by atoms with Crippen LogP contribution in [-0.2, 0) is 6.54 Å². The van der Waals surface area contributed by atoms with Gasteiger partial charge < -0.3 is 14.7 Å². The van der Waals surface area contributed by atoms with Gasteiger partial charge in [0.05, 0.1) is 13.7 Å². The normalized spacial score (nSPS) is 9.94.